The minimum Gasteiger partial charge on any atom is -0.457 e. The number of anilines is 1. The highest BCUT2D eigenvalue weighted by molar-refractivity contribution is 5.91. The van der Waals surface area contributed by atoms with Crippen LogP contribution in [0.15, 0.2) is 54.6 Å². The van der Waals surface area contributed by atoms with Gasteiger partial charge in [-0.15, -0.1) is 0 Å². The molecule has 0 bridgehead atoms. The molecular weight excluding hydrogens is 316 g/mol. The number of rotatable bonds is 5. The molecule has 5 heteroatoms. The molecule has 0 unspecified atom stereocenters. The van der Waals surface area contributed by atoms with Crippen molar-refractivity contribution in [2.75, 3.05) is 25.0 Å². The topological polar surface area (TPSA) is 52.0 Å². The summed E-state index contributed by atoms with van der Waals surface area (Å²) in [4.78, 5) is 13.5. The van der Waals surface area contributed by atoms with Crippen molar-refractivity contribution in [3.63, 3.8) is 0 Å². The maximum Gasteiger partial charge on any atom is 0.279 e. The van der Waals surface area contributed by atoms with Gasteiger partial charge >= 0.3 is 0 Å². The van der Waals surface area contributed by atoms with Crippen molar-refractivity contribution in [1.82, 2.24) is 0 Å². The predicted octanol–water partition coefficient (Wildman–Crippen LogP) is 2.11. The van der Waals surface area contributed by atoms with Crippen molar-refractivity contribution in [2.24, 2.45) is 0 Å². The molecule has 25 heavy (non-hydrogen) atoms. The van der Waals surface area contributed by atoms with Crippen molar-refractivity contribution in [1.29, 1.82) is 0 Å². The number of carbonyl (C=O) groups excluding carboxylic acids is 1. The Morgan fingerprint density at radius 2 is 1.64 bits per heavy atom. The van der Waals surface area contributed by atoms with E-state index in [0.717, 1.165) is 30.3 Å². The second kappa shape index (κ2) is 8.14. The summed E-state index contributed by atoms with van der Waals surface area (Å²) in [6.07, 6.45) is 0.391. The van der Waals surface area contributed by atoms with E-state index in [1.807, 2.05) is 54.6 Å². The third-order valence-electron chi connectivity index (χ3n) is 4.14. The first-order chi connectivity index (χ1) is 12.1. The average Bonchev–Trinajstić information content (AvgIpc) is 2.56. The monoisotopic (exact) mass is 341 g/mol. The van der Waals surface area contributed by atoms with Gasteiger partial charge in [-0.05, 0) is 50.2 Å². The van der Waals surface area contributed by atoms with Crippen LogP contribution in [0.1, 0.15) is 13.8 Å². The maximum atomic E-state index is 12.3. The number of quaternary nitrogens is 1. The zero-order valence-electron chi connectivity index (χ0n) is 14.7. The van der Waals surface area contributed by atoms with E-state index in [9.17, 15) is 4.79 Å². The molecule has 0 radical (unpaired) electrons. The molecule has 0 spiro atoms. The van der Waals surface area contributed by atoms with Crippen LogP contribution in [-0.4, -0.2) is 37.7 Å². The summed E-state index contributed by atoms with van der Waals surface area (Å²) in [6, 6.07) is 17.0. The number of para-hydroxylation sites is 1. The normalized spacial score (nSPS) is 23.0. The Morgan fingerprint density at radius 1 is 1.04 bits per heavy atom. The molecule has 132 valence electrons. The van der Waals surface area contributed by atoms with Gasteiger partial charge in [-0.2, -0.15) is 0 Å². The van der Waals surface area contributed by atoms with Gasteiger partial charge in [-0.25, -0.2) is 0 Å². The number of ether oxygens (including phenoxy) is 2. The summed E-state index contributed by atoms with van der Waals surface area (Å²) in [7, 11) is 0. The van der Waals surface area contributed by atoms with E-state index in [-0.39, 0.29) is 18.1 Å². The quantitative estimate of drug-likeness (QED) is 0.876. The van der Waals surface area contributed by atoms with Gasteiger partial charge in [0, 0.05) is 5.69 Å². The molecule has 2 aromatic carbocycles. The summed E-state index contributed by atoms with van der Waals surface area (Å²) in [6.45, 7) is 6.29. The van der Waals surface area contributed by atoms with Crippen molar-refractivity contribution >= 4 is 11.6 Å². The summed E-state index contributed by atoms with van der Waals surface area (Å²) < 4.78 is 11.5. The average molecular weight is 341 g/mol. The Kier molecular flexibility index (Phi) is 5.68. The lowest BCUT2D eigenvalue weighted by atomic mass is 10.2. The van der Waals surface area contributed by atoms with E-state index < -0.39 is 0 Å². The lowest BCUT2D eigenvalue weighted by molar-refractivity contribution is -0.907. The third-order valence-corrected chi connectivity index (χ3v) is 4.14. The minimum absolute atomic E-state index is 0.0213. The molecular formula is C20H25N2O3+. The number of benzene rings is 2. The Hall–Kier alpha value is -2.37. The summed E-state index contributed by atoms with van der Waals surface area (Å²) in [5, 5.41) is 2.95. The second-order valence-corrected chi connectivity index (χ2v) is 6.58. The zero-order valence-corrected chi connectivity index (χ0v) is 14.7. The Balaban J connectivity index is 1.51. The van der Waals surface area contributed by atoms with Gasteiger partial charge in [0.15, 0.2) is 6.54 Å². The number of hydrogen-bond donors (Lipinski definition) is 2. The number of amides is 1. The van der Waals surface area contributed by atoms with E-state index in [1.165, 1.54) is 4.90 Å². The van der Waals surface area contributed by atoms with Crippen LogP contribution in [0.3, 0.4) is 0 Å². The van der Waals surface area contributed by atoms with Crippen LogP contribution >= 0.6 is 0 Å². The van der Waals surface area contributed by atoms with Crippen LogP contribution < -0.4 is 15.0 Å². The molecule has 2 N–H and O–H groups in total. The molecule has 1 heterocycles. The van der Waals surface area contributed by atoms with E-state index in [4.69, 9.17) is 9.47 Å². The summed E-state index contributed by atoms with van der Waals surface area (Å²) >= 11 is 0. The highest BCUT2D eigenvalue weighted by Gasteiger charge is 2.27. The van der Waals surface area contributed by atoms with Crippen molar-refractivity contribution in [3.05, 3.63) is 54.6 Å². The molecule has 0 aromatic heterocycles. The van der Waals surface area contributed by atoms with E-state index in [1.54, 1.807) is 0 Å². The maximum absolute atomic E-state index is 12.3. The van der Waals surface area contributed by atoms with Gasteiger partial charge in [-0.3, -0.25) is 4.79 Å². The lowest BCUT2D eigenvalue weighted by Gasteiger charge is -2.31. The molecule has 0 saturated carbocycles. The molecule has 1 saturated heterocycles. The van der Waals surface area contributed by atoms with Crippen LogP contribution in [0.25, 0.3) is 0 Å². The largest absolute Gasteiger partial charge is 0.457 e. The van der Waals surface area contributed by atoms with Crippen molar-refractivity contribution in [3.8, 4) is 11.5 Å². The first kappa shape index (κ1) is 17.5. The number of carbonyl (C=O) groups is 1. The zero-order chi connectivity index (χ0) is 17.6. The minimum atomic E-state index is 0.0213. The summed E-state index contributed by atoms with van der Waals surface area (Å²) in [5.41, 5.74) is 0.777. The van der Waals surface area contributed by atoms with Crippen LogP contribution in [0, 0.1) is 0 Å². The molecule has 3 rings (SSSR count). The van der Waals surface area contributed by atoms with Crippen LogP contribution in [0.4, 0.5) is 5.69 Å². The van der Waals surface area contributed by atoms with E-state index in [0.29, 0.717) is 6.54 Å². The Bertz CT molecular complexity index is 678. The molecule has 1 aliphatic rings. The fraction of sp³-hybridized carbons (Fsp3) is 0.350. The molecule has 1 fully saturated rings. The first-order valence-corrected chi connectivity index (χ1v) is 8.70. The van der Waals surface area contributed by atoms with E-state index >= 15 is 0 Å². The van der Waals surface area contributed by atoms with Crippen LogP contribution in [0.5, 0.6) is 11.5 Å². The summed E-state index contributed by atoms with van der Waals surface area (Å²) in [5.74, 6) is 1.55. The molecule has 2 aromatic rings. The standard InChI is InChI=1S/C20H24N2O3/c1-15-12-22(13-16(2)24-15)14-20(23)21-17-8-10-19(11-9-17)25-18-6-4-3-5-7-18/h3-11,15-16H,12-14H2,1-2H3,(H,21,23)/p+1/t15-,16-/m1/s1. The van der Waals surface area contributed by atoms with Gasteiger partial charge in [-0.1, -0.05) is 18.2 Å². The third kappa shape index (κ3) is 5.31. The number of morpholine rings is 1. The fourth-order valence-corrected chi connectivity index (χ4v) is 3.20. The molecule has 1 aliphatic heterocycles. The molecule has 0 aliphatic carbocycles. The van der Waals surface area contributed by atoms with Gasteiger partial charge in [0.05, 0.1) is 0 Å². The molecule has 1 amide bonds. The van der Waals surface area contributed by atoms with Gasteiger partial charge in [0.25, 0.3) is 5.91 Å². The van der Waals surface area contributed by atoms with Gasteiger partial charge < -0.3 is 19.7 Å². The second-order valence-electron chi connectivity index (χ2n) is 6.58. The van der Waals surface area contributed by atoms with Crippen LogP contribution in [-0.2, 0) is 9.53 Å². The van der Waals surface area contributed by atoms with E-state index in [2.05, 4.69) is 19.2 Å². The number of nitrogens with one attached hydrogen (secondary N) is 2. The Morgan fingerprint density at radius 3 is 2.28 bits per heavy atom. The van der Waals surface area contributed by atoms with Gasteiger partial charge in [0.2, 0.25) is 0 Å². The van der Waals surface area contributed by atoms with Crippen molar-refractivity contribution in [2.45, 2.75) is 26.1 Å². The SMILES string of the molecule is C[C@@H]1C[NH+](CC(=O)Nc2ccc(Oc3ccccc3)cc2)C[C@@H](C)O1. The predicted molar refractivity (Wildman–Crippen MR) is 97.2 cm³/mol. The number of hydrogen-bond acceptors (Lipinski definition) is 3. The smallest absolute Gasteiger partial charge is 0.279 e. The van der Waals surface area contributed by atoms with Gasteiger partial charge in [0.1, 0.15) is 36.8 Å². The lowest BCUT2D eigenvalue weighted by Crippen LogP contribution is -3.16. The first-order valence-electron chi connectivity index (χ1n) is 8.70. The highest BCUT2D eigenvalue weighted by Crippen LogP contribution is 2.22. The van der Waals surface area contributed by atoms with Crippen LogP contribution in [0.2, 0.25) is 0 Å². The Labute approximate surface area is 148 Å². The molecule has 5 nitrogen and oxygen atoms in total. The van der Waals surface area contributed by atoms with Crippen molar-refractivity contribution < 1.29 is 19.2 Å². The highest BCUT2D eigenvalue weighted by atomic mass is 16.5. The fourth-order valence-electron chi connectivity index (χ4n) is 3.20. The molecule has 2 atom stereocenters.